The quantitative estimate of drug-likeness (QED) is 0.819. The lowest BCUT2D eigenvalue weighted by Gasteiger charge is -2.20. The van der Waals surface area contributed by atoms with Crippen LogP contribution in [0.5, 0.6) is 11.5 Å². The van der Waals surface area contributed by atoms with Gasteiger partial charge in [-0.15, -0.1) is 0 Å². The molecule has 3 nitrogen and oxygen atoms in total. The average molecular weight is 399 g/mol. The van der Waals surface area contributed by atoms with E-state index in [0.717, 1.165) is 32.7 Å². The smallest absolute Gasteiger partial charge is 0.163 e. The Hall–Kier alpha value is -1.20. The predicted octanol–water partition coefficient (Wildman–Crippen LogP) is 4.59. The summed E-state index contributed by atoms with van der Waals surface area (Å²) in [7, 11) is 0. The number of ether oxygens (including phenoxy) is 2. The SMILES string of the molecule is Brc1cccc(CNc2cc3c(cc2Br)OCCO3)c1. The summed E-state index contributed by atoms with van der Waals surface area (Å²) >= 11 is 7.03. The van der Waals surface area contributed by atoms with Crippen LogP contribution in [-0.4, -0.2) is 13.2 Å². The Morgan fingerprint density at radius 1 is 1.00 bits per heavy atom. The molecule has 1 aliphatic heterocycles. The largest absolute Gasteiger partial charge is 0.486 e. The molecule has 0 radical (unpaired) electrons. The molecule has 104 valence electrons. The fourth-order valence-corrected chi connectivity index (χ4v) is 2.95. The van der Waals surface area contributed by atoms with Gasteiger partial charge in [-0.1, -0.05) is 28.1 Å². The van der Waals surface area contributed by atoms with Crippen molar-refractivity contribution in [3.63, 3.8) is 0 Å². The Morgan fingerprint density at radius 2 is 1.75 bits per heavy atom. The minimum atomic E-state index is 0.597. The molecule has 0 atom stereocenters. The van der Waals surface area contributed by atoms with Crippen molar-refractivity contribution in [3.8, 4) is 11.5 Å². The highest BCUT2D eigenvalue weighted by Gasteiger charge is 2.14. The van der Waals surface area contributed by atoms with Gasteiger partial charge in [0.1, 0.15) is 13.2 Å². The first-order valence-corrected chi connectivity index (χ1v) is 7.88. The van der Waals surface area contributed by atoms with E-state index in [4.69, 9.17) is 9.47 Å². The maximum atomic E-state index is 5.60. The van der Waals surface area contributed by atoms with Gasteiger partial charge in [0.05, 0.1) is 5.69 Å². The molecule has 0 spiro atoms. The maximum absolute atomic E-state index is 5.60. The van der Waals surface area contributed by atoms with Gasteiger partial charge in [0.2, 0.25) is 0 Å². The Bertz CT molecular complexity index is 631. The Kier molecular flexibility index (Phi) is 4.17. The van der Waals surface area contributed by atoms with E-state index in [2.05, 4.69) is 49.3 Å². The zero-order valence-corrected chi connectivity index (χ0v) is 13.8. The highest BCUT2D eigenvalue weighted by molar-refractivity contribution is 9.10. The minimum Gasteiger partial charge on any atom is -0.486 e. The molecule has 0 bridgehead atoms. The first-order valence-electron chi connectivity index (χ1n) is 6.30. The normalized spacial score (nSPS) is 13.1. The van der Waals surface area contributed by atoms with Crippen LogP contribution in [0.4, 0.5) is 5.69 Å². The van der Waals surface area contributed by atoms with Gasteiger partial charge in [-0.3, -0.25) is 0 Å². The second-order valence-corrected chi connectivity index (χ2v) is 6.23. The van der Waals surface area contributed by atoms with E-state index in [1.165, 1.54) is 5.56 Å². The van der Waals surface area contributed by atoms with Crippen LogP contribution in [0, 0.1) is 0 Å². The van der Waals surface area contributed by atoms with Crippen LogP contribution in [0.3, 0.4) is 0 Å². The van der Waals surface area contributed by atoms with Crippen molar-refractivity contribution < 1.29 is 9.47 Å². The van der Waals surface area contributed by atoms with Crippen molar-refractivity contribution >= 4 is 37.5 Å². The van der Waals surface area contributed by atoms with Crippen LogP contribution in [0.15, 0.2) is 45.3 Å². The van der Waals surface area contributed by atoms with Crippen molar-refractivity contribution in [2.24, 2.45) is 0 Å². The van der Waals surface area contributed by atoms with E-state index in [9.17, 15) is 0 Å². The molecule has 0 saturated heterocycles. The maximum Gasteiger partial charge on any atom is 0.163 e. The fourth-order valence-electron chi connectivity index (χ4n) is 2.04. The molecule has 0 aromatic heterocycles. The molecule has 0 saturated carbocycles. The second-order valence-electron chi connectivity index (χ2n) is 4.46. The molecule has 0 unspecified atom stereocenters. The Morgan fingerprint density at radius 3 is 2.50 bits per heavy atom. The number of rotatable bonds is 3. The van der Waals surface area contributed by atoms with Crippen LogP contribution in [0.1, 0.15) is 5.56 Å². The molecule has 5 heteroatoms. The van der Waals surface area contributed by atoms with E-state index in [1.807, 2.05) is 24.3 Å². The van der Waals surface area contributed by atoms with Crippen molar-refractivity contribution in [1.29, 1.82) is 0 Å². The van der Waals surface area contributed by atoms with Crippen molar-refractivity contribution in [2.45, 2.75) is 6.54 Å². The van der Waals surface area contributed by atoms with E-state index in [0.29, 0.717) is 13.2 Å². The molecule has 20 heavy (non-hydrogen) atoms. The summed E-state index contributed by atoms with van der Waals surface area (Å²) in [6.07, 6.45) is 0. The molecular weight excluding hydrogens is 386 g/mol. The number of halogens is 2. The molecule has 0 aliphatic carbocycles. The molecular formula is C15H13Br2NO2. The van der Waals surface area contributed by atoms with Crippen LogP contribution in [-0.2, 0) is 6.54 Å². The van der Waals surface area contributed by atoms with E-state index >= 15 is 0 Å². The highest BCUT2D eigenvalue weighted by atomic mass is 79.9. The minimum absolute atomic E-state index is 0.597. The number of benzene rings is 2. The van der Waals surface area contributed by atoms with Gasteiger partial charge >= 0.3 is 0 Å². The fraction of sp³-hybridized carbons (Fsp3) is 0.200. The summed E-state index contributed by atoms with van der Waals surface area (Å²) in [5, 5.41) is 3.40. The number of hydrogen-bond donors (Lipinski definition) is 1. The van der Waals surface area contributed by atoms with Crippen LogP contribution >= 0.6 is 31.9 Å². The van der Waals surface area contributed by atoms with Crippen molar-refractivity contribution in [1.82, 2.24) is 0 Å². The molecule has 0 fully saturated rings. The van der Waals surface area contributed by atoms with Gasteiger partial charge in [-0.25, -0.2) is 0 Å². The van der Waals surface area contributed by atoms with Gasteiger partial charge < -0.3 is 14.8 Å². The summed E-state index contributed by atoms with van der Waals surface area (Å²) in [5.74, 6) is 1.58. The monoisotopic (exact) mass is 397 g/mol. The molecule has 1 aliphatic rings. The molecule has 0 amide bonds. The van der Waals surface area contributed by atoms with Gasteiger partial charge in [-0.2, -0.15) is 0 Å². The van der Waals surface area contributed by atoms with Crippen molar-refractivity contribution in [2.75, 3.05) is 18.5 Å². The summed E-state index contributed by atoms with van der Waals surface area (Å²) in [4.78, 5) is 0. The number of fused-ring (bicyclic) bond motifs is 1. The zero-order valence-electron chi connectivity index (χ0n) is 10.7. The standard InChI is InChI=1S/C15H13Br2NO2/c16-11-3-1-2-10(6-11)9-18-13-8-15-14(7-12(13)17)19-4-5-20-15/h1-3,6-8,18H,4-5,9H2. The van der Waals surface area contributed by atoms with Crippen LogP contribution in [0.25, 0.3) is 0 Å². The highest BCUT2D eigenvalue weighted by Crippen LogP contribution is 2.38. The Labute approximate surface area is 134 Å². The first kappa shape index (κ1) is 13.8. The zero-order chi connectivity index (χ0) is 13.9. The summed E-state index contributed by atoms with van der Waals surface area (Å²) < 4.78 is 13.2. The average Bonchev–Trinajstić information content (AvgIpc) is 2.45. The van der Waals surface area contributed by atoms with Gasteiger partial charge in [0.15, 0.2) is 11.5 Å². The molecule has 2 aromatic rings. The first-order chi connectivity index (χ1) is 9.72. The predicted molar refractivity (Wildman–Crippen MR) is 86.6 cm³/mol. The third-order valence-corrected chi connectivity index (χ3v) is 4.15. The molecule has 1 heterocycles. The van der Waals surface area contributed by atoms with Gasteiger partial charge in [0.25, 0.3) is 0 Å². The van der Waals surface area contributed by atoms with Crippen molar-refractivity contribution in [3.05, 3.63) is 50.9 Å². The lowest BCUT2D eigenvalue weighted by molar-refractivity contribution is 0.171. The Balaban J connectivity index is 1.77. The lowest BCUT2D eigenvalue weighted by atomic mass is 10.2. The molecule has 3 rings (SSSR count). The van der Waals surface area contributed by atoms with Gasteiger partial charge in [0, 0.05) is 27.6 Å². The van der Waals surface area contributed by atoms with E-state index in [1.54, 1.807) is 0 Å². The topological polar surface area (TPSA) is 30.5 Å². The third kappa shape index (κ3) is 3.10. The number of anilines is 1. The molecule has 1 N–H and O–H groups in total. The molecule has 2 aromatic carbocycles. The van der Waals surface area contributed by atoms with Crippen LogP contribution in [0.2, 0.25) is 0 Å². The van der Waals surface area contributed by atoms with E-state index in [-0.39, 0.29) is 0 Å². The summed E-state index contributed by atoms with van der Waals surface area (Å²) in [5.41, 5.74) is 2.20. The number of nitrogens with one attached hydrogen (secondary N) is 1. The summed E-state index contributed by atoms with van der Waals surface area (Å²) in [6.45, 7) is 1.95. The second kappa shape index (κ2) is 6.06. The van der Waals surface area contributed by atoms with Crippen LogP contribution < -0.4 is 14.8 Å². The third-order valence-electron chi connectivity index (χ3n) is 3.00. The lowest BCUT2D eigenvalue weighted by Crippen LogP contribution is -2.15. The summed E-state index contributed by atoms with van der Waals surface area (Å²) in [6, 6.07) is 12.1. The van der Waals surface area contributed by atoms with E-state index < -0.39 is 0 Å². The van der Waals surface area contributed by atoms with Gasteiger partial charge in [-0.05, 0) is 33.6 Å². The number of hydrogen-bond acceptors (Lipinski definition) is 3.